The summed E-state index contributed by atoms with van der Waals surface area (Å²) in [5.74, 6) is 0. The van der Waals surface area contributed by atoms with Gasteiger partial charge >= 0.3 is 0 Å². The molecule has 0 amide bonds. The summed E-state index contributed by atoms with van der Waals surface area (Å²) in [4.78, 5) is 0. The second-order valence-corrected chi connectivity index (χ2v) is 1.86. The lowest BCUT2D eigenvalue weighted by Crippen LogP contribution is -2.00. The SMILES string of the molecule is NCCCc1c[nH]nn1. The normalized spacial score (nSPS) is 9.89. The lowest BCUT2D eigenvalue weighted by Gasteiger charge is -1.88. The standard InChI is InChI=1S/C5H10N4/c6-3-1-2-5-4-7-9-8-5/h4H,1-3,6H2,(H,7,8,9). The number of aromatic nitrogens is 3. The van der Waals surface area contributed by atoms with Crippen molar-refractivity contribution in [1.82, 2.24) is 15.4 Å². The molecular formula is C5H10N4. The van der Waals surface area contributed by atoms with E-state index in [1.54, 1.807) is 6.20 Å². The third-order valence-electron chi connectivity index (χ3n) is 1.10. The molecule has 1 heterocycles. The van der Waals surface area contributed by atoms with Gasteiger partial charge in [-0.3, -0.25) is 5.10 Å². The van der Waals surface area contributed by atoms with Crippen molar-refractivity contribution in [3.63, 3.8) is 0 Å². The monoisotopic (exact) mass is 126 g/mol. The van der Waals surface area contributed by atoms with Crippen LogP contribution in [0.3, 0.4) is 0 Å². The fraction of sp³-hybridized carbons (Fsp3) is 0.600. The highest BCUT2D eigenvalue weighted by molar-refractivity contribution is 4.89. The average Bonchev–Trinajstić information content (AvgIpc) is 2.34. The summed E-state index contributed by atoms with van der Waals surface area (Å²) in [6, 6.07) is 0. The van der Waals surface area contributed by atoms with Crippen molar-refractivity contribution >= 4 is 0 Å². The van der Waals surface area contributed by atoms with Crippen LogP contribution in [0.15, 0.2) is 6.20 Å². The molecule has 0 aliphatic rings. The largest absolute Gasteiger partial charge is 0.330 e. The molecule has 0 spiro atoms. The molecule has 0 radical (unpaired) electrons. The second kappa shape index (κ2) is 3.19. The number of rotatable bonds is 3. The number of nitrogens with one attached hydrogen (secondary N) is 1. The lowest BCUT2D eigenvalue weighted by atomic mass is 10.2. The Hall–Kier alpha value is -0.900. The van der Waals surface area contributed by atoms with Crippen LogP contribution in [-0.2, 0) is 6.42 Å². The van der Waals surface area contributed by atoms with E-state index in [2.05, 4.69) is 15.4 Å². The molecule has 1 aromatic heterocycles. The van der Waals surface area contributed by atoms with Gasteiger partial charge in [0.2, 0.25) is 0 Å². The average molecular weight is 126 g/mol. The minimum Gasteiger partial charge on any atom is -0.330 e. The van der Waals surface area contributed by atoms with Crippen LogP contribution < -0.4 is 5.73 Å². The predicted octanol–water partition coefficient (Wildman–Crippen LogP) is -0.304. The molecule has 3 N–H and O–H groups in total. The van der Waals surface area contributed by atoms with Gasteiger partial charge in [0, 0.05) is 6.20 Å². The third-order valence-corrected chi connectivity index (χ3v) is 1.10. The van der Waals surface area contributed by atoms with Gasteiger partial charge in [0.05, 0.1) is 5.69 Å². The molecule has 9 heavy (non-hydrogen) atoms. The number of aryl methyl sites for hydroxylation is 1. The Balaban J connectivity index is 2.30. The molecule has 0 aliphatic heterocycles. The number of hydrogen-bond acceptors (Lipinski definition) is 3. The number of H-pyrrole nitrogens is 1. The van der Waals surface area contributed by atoms with E-state index >= 15 is 0 Å². The summed E-state index contributed by atoms with van der Waals surface area (Å²) in [6.45, 7) is 0.715. The number of nitrogens with zero attached hydrogens (tertiary/aromatic N) is 2. The molecule has 0 atom stereocenters. The van der Waals surface area contributed by atoms with Gasteiger partial charge in [0.25, 0.3) is 0 Å². The van der Waals surface area contributed by atoms with Crippen molar-refractivity contribution < 1.29 is 0 Å². The second-order valence-electron chi connectivity index (χ2n) is 1.86. The molecule has 1 aromatic rings. The quantitative estimate of drug-likeness (QED) is 0.584. The zero-order valence-corrected chi connectivity index (χ0v) is 5.17. The third kappa shape index (κ3) is 1.81. The fourth-order valence-corrected chi connectivity index (χ4v) is 0.631. The Morgan fingerprint density at radius 3 is 3.11 bits per heavy atom. The van der Waals surface area contributed by atoms with E-state index in [0.29, 0.717) is 6.54 Å². The number of nitrogens with two attached hydrogens (primary N) is 1. The molecular weight excluding hydrogens is 116 g/mol. The van der Waals surface area contributed by atoms with E-state index in [0.717, 1.165) is 18.5 Å². The van der Waals surface area contributed by atoms with Crippen LogP contribution in [0, 0.1) is 0 Å². The zero-order chi connectivity index (χ0) is 6.53. The summed E-state index contributed by atoms with van der Waals surface area (Å²) >= 11 is 0. The maximum Gasteiger partial charge on any atom is 0.0824 e. The van der Waals surface area contributed by atoms with E-state index in [1.807, 2.05) is 0 Å². The van der Waals surface area contributed by atoms with Crippen LogP contribution in [0.2, 0.25) is 0 Å². The van der Waals surface area contributed by atoms with Gasteiger partial charge in [-0.15, -0.1) is 5.10 Å². The highest BCUT2D eigenvalue weighted by Gasteiger charge is 1.91. The van der Waals surface area contributed by atoms with Gasteiger partial charge in [-0.2, -0.15) is 0 Å². The van der Waals surface area contributed by atoms with Crippen LogP contribution in [0.5, 0.6) is 0 Å². The van der Waals surface area contributed by atoms with Crippen LogP contribution >= 0.6 is 0 Å². The first-order valence-electron chi connectivity index (χ1n) is 2.99. The van der Waals surface area contributed by atoms with Gasteiger partial charge in [0.15, 0.2) is 0 Å². The van der Waals surface area contributed by atoms with Crippen molar-refractivity contribution in [2.75, 3.05) is 6.54 Å². The van der Waals surface area contributed by atoms with Crippen LogP contribution in [0.25, 0.3) is 0 Å². The fourth-order valence-electron chi connectivity index (χ4n) is 0.631. The summed E-state index contributed by atoms with van der Waals surface area (Å²) in [7, 11) is 0. The zero-order valence-electron chi connectivity index (χ0n) is 5.17. The maximum absolute atomic E-state index is 5.29. The molecule has 4 heteroatoms. The van der Waals surface area contributed by atoms with Gasteiger partial charge in [-0.25, -0.2) is 0 Å². The van der Waals surface area contributed by atoms with E-state index in [1.165, 1.54) is 0 Å². The summed E-state index contributed by atoms with van der Waals surface area (Å²) in [6.07, 6.45) is 3.69. The van der Waals surface area contributed by atoms with Crippen molar-refractivity contribution in [2.24, 2.45) is 5.73 Å². The van der Waals surface area contributed by atoms with Crippen molar-refractivity contribution in [3.8, 4) is 0 Å². The minimum absolute atomic E-state index is 0.715. The molecule has 0 unspecified atom stereocenters. The highest BCUT2D eigenvalue weighted by atomic mass is 15.3. The first-order valence-corrected chi connectivity index (χ1v) is 2.99. The number of aromatic amines is 1. The topological polar surface area (TPSA) is 67.6 Å². The highest BCUT2D eigenvalue weighted by Crippen LogP contribution is 1.92. The van der Waals surface area contributed by atoms with Crippen LogP contribution in [0.1, 0.15) is 12.1 Å². The van der Waals surface area contributed by atoms with E-state index in [4.69, 9.17) is 5.73 Å². The molecule has 0 aliphatic carbocycles. The predicted molar refractivity (Wildman–Crippen MR) is 33.8 cm³/mol. The Kier molecular flexibility index (Phi) is 2.21. The van der Waals surface area contributed by atoms with Crippen molar-refractivity contribution in [1.29, 1.82) is 0 Å². The summed E-state index contributed by atoms with van der Waals surface area (Å²) < 4.78 is 0. The van der Waals surface area contributed by atoms with E-state index < -0.39 is 0 Å². The Bertz CT molecular complexity index is 146. The summed E-state index contributed by atoms with van der Waals surface area (Å²) in [5.41, 5.74) is 6.27. The van der Waals surface area contributed by atoms with Gasteiger partial charge in [-0.05, 0) is 19.4 Å². The molecule has 4 nitrogen and oxygen atoms in total. The molecule has 0 saturated carbocycles. The van der Waals surface area contributed by atoms with Gasteiger partial charge in [-0.1, -0.05) is 5.21 Å². The first-order chi connectivity index (χ1) is 4.43. The molecule has 1 rings (SSSR count). The smallest absolute Gasteiger partial charge is 0.0824 e. The Labute approximate surface area is 53.5 Å². The maximum atomic E-state index is 5.29. The van der Waals surface area contributed by atoms with Gasteiger partial charge in [0.1, 0.15) is 0 Å². The van der Waals surface area contributed by atoms with E-state index in [-0.39, 0.29) is 0 Å². The molecule has 50 valence electrons. The first kappa shape index (κ1) is 6.22. The summed E-state index contributed by atoms with van der Waals surface area (Å²) in [5, 5.41) is 9.99. The Morgan fingerprint density at radius 2 is 2.56 bits per heavy atom. The Morgan fingerprint density at radius 1 is 1.67 bits per heavy atom. The van der Waals surface area contributed by atoms with Gasteiger partial charge < -0.3 is 5.73 Å². The molecule has 0 fully saturated rings. The van der Waals surface area contributed by atoms with Crippen LogP contribution in [0.4, 0.5) is 0 Å². The van der Waals surface area contributed by atoms with Crippen molar-refractivity contribution in [2.45, 2.75) is 12.8 Å². The van der Waals surface area contributed by atoms with Crippen molar-refractivity contribution in [3.05, 3.63) is 11.9 Å². The molecule has 0 aromatic carbocycles. The minimum atomic E-state index is 0.715. The number of hydrogen-bond donors (Lipinski definition) is 2. The lowest BCUT2D eigenvalue weighted by molar-refractivity contribution is 0.800. The van der Waals surface area contributed by atoms with E-state index in [9.17, 15) is 0 Å². The van der Waals surface area contributed by atoms with Crippen LogP contribution in [-0.4, -0.2) is 22.0 Å². The molecule has 0 bridgehead atoms. The molecule has 0 saturated heterocycles.